The monoisotopic (exact) mass is 341 g/mol. The predicted molar refractivity (Wildman–Crippen MR) is 78.8 cm³/mol. The van der Waals surface area contributed by atoms with Gasteiger partial charge in [0, 0.05) is 18.3 Å². The zero-order valence-electron chi connectivity index (χ0n) is 10.4. The fourth-order valence-electron chi connectivity index (χ4n) is 1.62. The molecule has 0 saturated heterocycles. The van der Waals surface area contributed by atoms with Crippen LogP contribution in [0.2, 0.25) is 0 Å². The van der Waals surface area contributed by atoms with E-state index in [-0.39, 0.29) is 0 Å². The zero-order valence-corrected chi connectivity index (χ0v) is 12.7. The Morgan fingerprint density at radius 1 is 1.21 bits per heavy atom. The van der Waals surface area contributed by atoms with E-state index in [2.05, 4.69) is 20.9 Å². The van der Waals surface area contributed by atoms with E-state index in [9.17, 15) is 0 Å². The smallest absolute Gasteiger partial charge is 0.175 e. The maximum absolute atomic E-state index is 5.83. The quantitative estimate of drug-likeness (QED) is 0.764. The highest BCUT2D eigenvalue weighted by Gasteiger charge is 2.11. The predicted octanol–water partition coefficient (Wildman–Crippen LogP) is 4.17. The molecule has 2 rings (SSSR count). The first-order valence-corrected chi connectivity index (χ1v) is 7.01. The Morgan fingerprint density at radius 2 is 1.95 bits per heavy atom. The molecule has 0 saturated carbocycles. The lowest BCUT2D eigenvalue weighted by atomic mass is 10.2. The zero-order chi connectivity index (χ0) is 13.7. The van der Waals surface area contributed by atoms with E-state index in [0.717, 1.165) is 15.6 Å². The number of rotatable bonds is 5. The van der Waals surface area contributed by atoms with E-state index in [1.54, 1.807) is 19.5 Å². The maximum Gasteiger partial charge on any atom is 0.175 e. The van der Waals surface area contributed by atoms with Gasteiger partial charge in [-0.25, -0.2) is 0 Å². The third kappa shape index (κ3) is 3.61. The standard InChI is InChI=1S/C14H13BrClNO2/c1-18-13-7-11(8-16)6-12(15)14(13)19-9-10-2-4-17-5-3-10/h2-7H,8-9H2,1H3. The van der Waals surface area contributed by atoms with Crippen molar-refractivity contribution in [3.8, 4) is 11.5 Å². The van der Waals surface area contributed by atoms with E-state index in [1.807, 2.05) is 24.3 Å². The maximum atomic E-state index is 5.83. The first kappa shape index (κ1) is 14.2. The molecule has 100 valence electrons. The SMILES string of the molecule is COc1cc(CCl)cc(Br)c1OCc1ccncc1. The van der Waals surface area contributed by atoms with E-state index < -0.39 is 0 Å². The summed E-state index contributed by atoms with van der Waals surface area (Å²) in [5, 5.41) is 0. The summed E-state index contributed by atoms with van der Waals surface area (Å²) >= 11 is 9.31. The van der Waals surface area contributed by atoms with E-state index in [4.69, 9.17) is 21.1 Å². The molecule has 0 spiro atoms. The van der Waals surface area contributed by atoms with Crippen LogP contribution in [0.25, 0.3) is 0 Å². The molecule has 2 aromatic rings. The molecule has 0 aliphatic rings. The molecule has 0 atom stereocenters. The van der Waals surface area contributed by atoms with Crippen LogP contribution in [0.4, 0.5) is 0 Å². The van der Waals surface area contributed by atoms with Gasteiger partial charge in [0.1, 0.15) is 6.61 Å². The van der Waals surface area contributed by atoms with Crippen molar-refractivity contribution in [2.75, 3.05) is 7.11 Å². The van der Waals surface area contributed by atoms with Crippen LogP contribution >= 0.6 is 27.5 Å². The minimum Gasteiger partial charge on any atom is -0.493 e. The summed E-state index contributed by atoms with van der Waals surface area (Å²) in [6.45, 7) is 0.456. The van der Waals surface area contributed by atoms with Gasteiger partial charge in [0.05, 0.1) is 11.6 Å². The summed E-state index contributed by atoms with van der Waals surface area (Å²) < 4.78 is 12.0. The Balaban J connectivity index is 2.20. The molecule has 19 heavy (non-hydrogen) atoms. The number of methoxy groups -OCH3 is 1. The van der Waals surface area contributed by atoms with Crippen LogP contribution in [0.5, 0.6) is 11.5 Å². The number of nitrogens with zero attached hydrogens (tertiary/aromatic N) is 1. The molecular weight excluding hydrogens is 330 g/mol. The van der Waals surface area contributed by atoms with E-state index in [1.165, 1.54) is 0 Å². The molecule has 0 aliphatic heterocycles. The van der Waals surface area contributed by atoms with Crippen LogP contribution in [0.1, 0.15) is 11.1 Å². The van der Waals surface area contributed by atoms with Gasteiger partial charge in [0.2, 0.25) is 0 Å². The number of pyridine rings is 1. The molecule has 0 aliphatic carbocycles. The largest absolute Gasteiger partial charge is 0.493 e. The van der Waals surface area contributed by atoms with Crippen molar-refractivity contribution >= 4 is 27.5 Å². The van der Waals surface area contributed by atoms with Gasteiger partial charge in [-0.1, -0.05) is 0 Å². The number of aromatic nitrogens is 1. The molecule has 3 nitrogen and oxygen atoms in total. The second kappa shape index (κ2) is 6.78. The summed E-state index contributed by atoms with van der Waals surface area (Å²) in [6.07, 6.45) is 3.48. The highest BCUT2D eigenvalue weighted by Crippen LogP contribution is 2.37. The Kier molecular flexibility index (Phi) is 5.05. The average Bonchev–Trinajstić information content (AvgIpc) is 2.46. The lowest BCUT2D eigenvalue weighted by molar-refractivity contribution is 0.282. The number of halogens is 2. The van der Waals surface area contributed by atoms with E-state index in [0.29, 0.717) is 24.0 Å². The van der Waals surface area contributed by atoms with E-state index >= 15 is 0 Å². The molecule has 5 heteroatoms. The van der Waals surface area contributed by atoms with Gasteiger partial charge in [-0.2, -0.15) is 0 Å². The van der Waals surface area contributed by atoms with Crippen molar-refractivity contribution in [3.63, 3.8) is 0 Å². The van der Waals surface area contributed by atoms with Gasteiger partial charge in [0.25, 0.3) is 0 Å². The summed E-state index contributed by atoms with van der Waals surface area (Å²) in [4.78, 5) is 3.97. The highest BCUT2D eigenvalue weighted by molar-refractivity contribution is 9.10. The number of benzene rings is 1. The summed E-state index contributed by atoms with van der Waals surface area (Å²) in [7, 11) is 1.61. The Hall–Kier alpha value is -1.26. The molecule has 1 aromatic carbocycles. The Bertz CT molecular complexity index is 549. The molecular formula is C14H13BrClNO2. The Morgan fingerprint density at radius 3 is 2.58 bits per heavy atom. The third-order valence-electron chi connectivity index (χ3n) is 2.58. The minimum absolute atomic E-state index is 0.430. The fraction of sp³-hybridized carbons (Fsp3) is 0.214. The first-order chi connectivity index (χ1) is 9.24. The minimum atomic E-state index is 0.430. The van der Waals surface area contributed by atoms with Crippen molar-refractivity contribution in [3.05, 3.63) is 52.3 Å². The van der Waals surface area contributed by atoms with Crippen molar-refractivity contribution in [2.24, 2.45) is 0 Å². The molecule has 1 aromatic heterocycles. The second-order valence-corrected chi connectivity index (χ2v) is 5.01. The normalized spacial score (nSPS) is 10.3. The molecule has 0 amide bonds. The molecule has 0 fully saturated rings. The van der Waals surface area contributed by atoms with Gasteiger partial charge in [-0.3, -0.25) is 4.98 Å². The summed E-state index contributed by atoms with van der Waals surface area (Å²) in [6, 6.07) is 7.62. The summed E-state index contributed by atoms with van der Waals surface area (Å²) in [5.74, 6) is 1.77. The number of alkyl halides is 1. The molecule has 0 unspecified atom stereocenters. The number of hydrogen-bond acceptors (Lipinski definition) is 3. The Labute approximate surface area is 125 Å². The van der Waals surface area contributed by atoms with Crippen LogP contribution in [0.15, 0.2) is 41.1 Å². The molecule has 1 heterocycles. The number of ether oxygens (including phenoxy) is 2. The van der Waals surface area contributed by atoms with Crippen molar-refractivity contribution in [2.45, 2.75) is 12.5 Å². The van der Waals surface area contributed by atoms with Crippen molar-refractivity contribution in [1.29, 1.82) is 0 Å². The lowest BCUT2D eigenvalue weighted by Gasteiger charge is -2.13. The molecule has 0 radical (unpaired) electrons. The fourth-order valence-corrected chi connectivity index (χ4v) is 2.38. The van der Waals surface area contributed by atoms with Crippen LogP contribution in [0, 0.1) is 0 Å². The van der Waals surface area contributed by atoms with Crippen LogP contribution in [-0.4, -0.2) is 12.1 Å². The first-order valence-electron chi connectivity index (χ1n) is 5.68. The van der Waals surface area contributed by atoms with Gasteiger partial charge < -0.3 is 9.47 Å². The third-order valence-corrected chi connectivity index (χ3v) is 3.47. The highest BCUT2D eigenvalue weighted by atomic mass is 79.9. The number of hydrogen-bond donors (Lipinski definition) is 0. The lowest BCUT2D eigenvalue weighted by Crippen LogP contribution is -1.99. The van der Waals surface area contributed by atoms with Gasteiger partial charge in [-0.15, -0.1) is 11.6 Å². The molecule has 0 N–H and O–H groups in total. The van der Waals surface area contributed by atoms with Gasteiger partial charge in [0.15, 0.2) is 11.5 Å². The van der Waals surface area contributed by atoms with Crippen molar-refractivity contribution < 1.29 is 9.47 Å². The van der Waals surface area contributed by atoms with Crippen LogP contribution < -0.4 is 9.47 Å². The van der Waals surface area contributed by atoms with Gasteiger partial charge >= 0.3 is 0 Å². The van der Waals surface area contributed by atoms with Crippen molar-refractivity contribution in [1.82, 2.24) is 4.98 Å². The molecule has 0 bridgehead atoms. The average molecular weight is 343 g/mol. The van der Waals surface area contributed by atoms with Crippen LogP contribution in [-0.2, 0) is 12.5 Å². The summed E-state index contributed by atoms with van der Waals surface area (Å²) in [5.41, 5.74) is 2.02. The second-order valence-electron chi connectivity index (χ2n) is 3.89. The topological polar surface area (TPSA) is 31.4 Å². The van der Waals surface area contributed by atoms with Crippen LogP contribution in [0.3, 0.4) is 0 Å². The van der Waals surface area contributed by atoms with Gasteiger partial charge in [-0.05, 0) is 51.3 Å².